The quantitative estimate of drug-likeness (QED) is 0.867. The second-order valence-corrected chi connectivity index (χ2v) is 7.45. The highest BCUT2D eigenvalue weighted by Gasteiger charge is 2.20. The van der Waals surface area contributed by atoms with Crippen molar-refractivity contribution in [2.24, 2.45) is 0 Å². The number of rotatable bonds is 3. The lowest BCUT2D eigenvalue weighted by atomic mass is 9.98. The fourth-order valence-corrected chi connectivity index (χ4v) is 3.64. The fourth-order valence-electron chi connectivity index (χ4n) is 2.91. The van der Waals surface area contributed by atoms with Gasteiger partial charge in [0.2, 0.25) is 0 Å². The molecule has 22 heavy (non-hydrogen) atoms. The average molecular weight is 317 g/mol. The Bertz CT molecular complexity index is 842. The van der Waals surface area contributed by atoms with Crippen LogP contribution < -0.4 is 0 Å². The molecule has 1 heterocycles. The molecule has 5 heteroatoms. The number of halogens is 1. The normalized spacial score (nSPS) is 15.4. The van der Waals surface area contributed by atoms with E-state index in [1.807, 2.05) is 18.3 Å². The molecule has 0 atom stereocenters. The molecule has 1 aromatic heterocycles. The van der Waals surface area contributed by atoms with Gasteiger partial charge in [0.1, 0.15) is 10.7 Å². The van der Waals surface area contributed by atoms with E-state index < -0.39 is 15.7 Å². The first-order valence-corrected chi connectivity index (χ1v) is 8.98. The lowest BCUT2D eigenvalue weighted by molar-refractivity contribution is 0.570. The Kier molecular flexibility index (Phi) is 3.83. The van der Waals surface area contributed by atoms with Crippen LogP contribution in [-0.4, -0.2) is 19.7 Å². The number of hydrogen-bond acceptors (Lipinski definition) is 3. The second-order valence-electron chi connectivity index (χ2n) is 5.47. The Balaban J connectivity index is 2.09. The van der Waals surface area contributed by atoms with Crippen LogP contribution in [0.1, 0.15) is 30.4 Å². The molecule has 1 aliphatic carbocycles. The molecular weight excluding hydrogens is 301 g/mol. The summed E-state index contributed by atoms with van der Waals surface area (Å²) in [5.41, 5.74) is 4.04. The van der Waals surface area contributed by atoms with E-state index in [1.165, 1.54) is 17.7 Å². The number of aromatic nitrogens is 1. The molecule has 1 aliphatic rings. The van der Waals surface area contributed by atoms with Crippen molar-refractivity contribution in [3.8, 4) is 0 Å². The van der Waals surface area contributed by atoms with Crippen molar-refractivity contribution in [3.63, 3.8) is 0 Å². The summed E-state index contributed by atoms with van der Waals surface area (Å²) >= 11 is 0. The van der Waals surface area contributed by atoms with Crippen molar-refractivity contribution in [2.75, 3.05) is 6.26 Å². The molecule has 0 amide bonds. The van der Waals surface area contributed by atoms with Crippen molar-refractivity contribution in [1.29, 1.82) is 0 Å². The van der Waals surface area contributed by atoms with Gasteiger partial charge in [-0.2, -0.15) is 0 Å². The molecule has 0 radical (unpaired) electrons. The van der Waals surface area contributed by atoms with Gasteiger partial charge < -0.3 is 0 Å². The van der Waals surface area contributed by atoms with E-state index in [0.29, 0.717) is 0 Å². The largest absolute Gasteiger partial charge is 0.264 e. The van der Waals surface area contributed by atoms with E-state index in [2.05, 4.69) is 4.98 Å². The molecule has 0 aliphatic heterocycles. The fraction of sp³-hybridized carbons (Fsp3) is 0.235. The van der Waals surface area contributed by atoms with E-state index in [4.69, 9.17) is 0 Å². The van der Waals surface area contributed by atoms with E-state index in [9.17, 15) is 12.8 Å². The molecule has 3 rings (SSSR count). The van der Waals surface area contributed by atoms with Gasteiger partial charge in [-0.15, -0.1) is 0 Å². The molecule has 0 saturated heterocycles. The summed E-state index contributed by atoms with van der Waals surface area (Å²) in [5.74, 6) is -0.690. The van der Waals surface area contributed by atoms with E-state index >= 15 is 0 Å². The molecule has 2 aromatic rings. The zero-order valence-electron chi connectivity index (χ0n) is 12.2. The predicted molar refractivity (Wildman–Crippen MR) is 84.4 cm³/mol. The van der Waals surface area contributed by atoms with Crippen LogP contribution in [0.5, 0.6) is 0 Å². The smallest absolute Gasteiger partial charge is 0.178 e. The summed E-state index contributed by atoms with van der Waals surface area (Å²) < 4.78 is 37.1. The van der Waals surface area contributed by atoms with Crippen LogP contribution in [0.15, 0.2) is 47.6 Å². The van der Waals surface area contributed by atoms with Crippen LogP contribution in [0.3, 0.4) is 0 Å². The molecule has 0 N–H and O–H groups in total. The van der Waals surface area contributed by atoms with Crippen LogP contribution in [0.4, 0.5) is 4.39 Å². The highest BCUT2D eigenvalue weighted by Crippen LogP contribution is 2.39. The maximum atomic E-state index is 14.1. The summed E-state index contributed by atoms with van der Waals surface area (Å²) in [6.07, 6.45) is 7.34. The number of nitrogens with zero attached hydrogens (tertiary/aromatic N) is 1. The minimum atomic E-state index is -3.54. The zero-order valence-corrected chi connectivity index (χ0v) is 13.0. The molecule has 114 valence electrons. The van der Waals surface area contributed by atoms with Crippen LogP contribution in [-0.2, 0) is 9.84 Å². The van der Waals surface area contributed by atoms with Crippen molar-refractivity contribution >= 4 is 21.0 Å². The van der Waals surface area contributed by atoms with Crippen molar-refractivity contribution in [2.45, 2.75) is 24.2 Å². The van der Waals surface area contributed by atoms with Gasteiger partial charge in [0.05, 0.1) is 0 Å². The van der Waals surface area contributed by atoms with Crippen LogP contribution >= 0.6 is 0 Å². The monoisotopic (exact) mass is 317 g/mol. The Morgan fingerprint density at radius 1 is 1.09 bits per heavy atom. The minimum absolute atomic E-state index is 0.252. The van der Waals surface area contributed by atoms with E-state index in [1.54, 1.807) is 12.3 Å². The first-order valence-electron chi connectivity index (χ1n) is 7.09. The third kappa shape index (κ3) is 2.81. The van der Waals surface area contributed by atoms with Crippen LogP contribution in [0.25, 0.3) is 11.1 Å². The highest BCUT2D eigenvalue weighted by molar-refractivity contribution is 7.90. The highest BCUT2D eigenvalue weighted by atomic mass is 32.2. The molecule has 1 aromatic carbocycles. The van der Waals surface area contributed by atoms with Gasteiger partial charge in [-0.05, 0) is 59.7 Å². The second kappa shape index (κ2) is 5.65. The minimum Gasteiger partial charge on any atom is -0.264 e. The van der Waals surface area contributed by atoms with Gasteiger partial charge in [0.15, 0.2) is 9.84 Å². The number of pyridine rings is 1. The van der Waals surface area contributed by atoms with Gasteiger partial charge in [-0.3, -0.25) is 4.98 Å². The average Bonchev–Trinajstić information content (AvgIpc) is 2.96. The topological polar surface area (TPSA) is 47.0 Å². The standard InChI is InChI=1S/C17H16FNO2S/c1-22(20,21)17-8-7-12(10-16(17)18)14-5-2-6-15(14)13-4-3-9-19-11-13/h3-4,7-11H,2,5-6H2,1H3. The number of allylic oxidation sites excluding steroid dienone is 2. The van der Waals surface area contributed by atoms with Crippen molar-refractivity contribution in [3.05, 3.63) is 59.7 Å². The Labute approximate surface area is 129 Å². The van der Waals surface area contributed by atoms with E-state index in [-0.39, 0.29) is 4.90 Å². The SMILES string of the molecule is CS(=O)(=O)c1ccc(C2=C(c3cccnc3)CCC2)cc1F. The molecule has 3 nitrogen and oxygen atoms in total. The summed E-state index contributed by atoms with van der Waals surface area (Å²) in [5, 5.41) is 0. The summed E-state index contributed by atoms with van der Waals surface area (Å²) in [6, 6.07) is 8.25. The molecule has 0 spiro atoms. The maximum Gasteiger partial charge on any atom is 0.178 e. The van der Waals surface area contributed by atoms with Crippen LogP contribution in [0.2, 0.25) is 0 Å². The van der Waals surface area contributed by atoms with Crippen molar-refractivity contribution < 1.29 is 12.8 Å². The van der Waals surface area contributed by atoms with Crippen LogP contribution in [0, 0.1) is 5.82 Å². The molecule has 0 fully saturated rings. The lowest BCUT2D eigenvalue weighted by Gasteiger charge is -2.09. The summed E-state index contributed by atoms with van der Waals surface area (Å²) in [7, 11) is -3.54. The molecule has 0 unspecified atom stereocenters. The van der Waals surface area contributed by atoms with Gasteiger partial charge in [0, 0.05) is 18.6 Å². The number of hydrogen-bond donors (Lipinski definition) is 0. The van der Waals surface area contributed by atoms with Gasteiger partial charge in [0.25, 0.3) is 0 Å². The Morgan fingerprint density at radius 2 is 1.82 bits per heavy atom. The molecular formula is C17H16FNO2S. The number of sulfone groups is 1. The first-order chi connectivity index (χ1) is 10.5. The zero-order chi connectivity index (χ0) is 15.7. The summed E-state index contributed by atoms with van der Waals surface area (Å²) in [4.78, 5) is 3.88. The maximum absolute atomic E-state index is 14.1. The Morgan fingerprint density at radius 3 is 2.41 bits per heavy atom. The molecule has 0 bridgehead atoms. The van der Waals surface area contributed by atoms with Gasteiger partial charge >= 0.3 is 0 Å². The van der Waals surface area contributed by atoms with Gasteiger partial charge in [-0.1, -0.05) is 12.1 Å². The van der Waals surface area contributed by atoms with Gasteiger partial charge in [-0.25, -0.2) is 12.8 Å². The van der Waals surface area contributed by atoms with Crippen molar-refractivity contribution in [1.82, 2.24) is 4.98 Å². The third-order valence-electron chi connectivity index (χ3n) is 3.91. The third-order valence-corrected chi connectivity index (χ3v) is 5.04. The summed E-state index contributed by atoms with van der Waals surface area (Å²) in [6.45, 7) is 0. The number of benzene rings is 1. The Hall–Kier alpha value is -2.01. The van der Waals surface area contributed by atoms with E-state index in [0.717, 1.165) is 42.2 Å². The predicted octanol–water partition coefficient (Wildman–Crippen LogP) is 3.72. The first kappa shape index (κ1) is 14.9. The lowest BCUT2D eigenvalue weighted by Crippen LogP contribution is -2.01. The molecule has 0 saturated carbocycles.